The van der Waals surface area contributed by atoms with Crippen molar-refractivity contribution in [1.29, 1.82) is 0 Å². The van der Waals surface area contributed by atoms with E-state index in [9.17, 15) is 9.59 Å². The summed E-state index contributed by atoms with van der Waals surface area (Å²) >= 11 is 0. The van der Waals surface area contributed by atoms with E-state index < -0.39 is 0 Å². The molecule has 3 heteroatoms. The van der Waals surface area contributed by atoms with Gasteiger partial charge in [0.05, 0.1) is 0 Å². The van der Waals surface area contributed by atoms with Gasteiger partial charge in [-0.15, -0.1) is 0 Å². The number of rotatable bonds is 5. The van der Waals surface area contributed by atoms with Gasteiger partial charge in [-0.05, 0) is 44.2 Å². The number of Topliss-reactive ketones (excluding diaryl/α,β-unsaturated/α-hetero) is 1. The second-order valence-electron chi connectivity index (χ2n) is 5.70. The Hall–Kier alpha value is -2.42. The van der Waals surface area contributed by atoms with E-state index in [1.54, 1.807) is 13.0 Å². The molecule has 1 aliphatic carbocycles. The molecule has 0 spiro atoms. The van der Waals surface area contributed by atoms with E-state index in [1.807, 2.05) is 37.3 Å². The van der Waals surface area contributed by atoms with E-state index in [0.29, 0.717) is 12.8 Å². The van der Waals surface area contributed by atoms with Crippen LogP contribution in [0.1, 0.15) is 32.3 Å². The number of benzene rings is 1. The predicted octanol–water partition coefficient (Wildman–Crippen LogP) is 3.65. The maximum absolute atomic E-state index is 12.1. The van der Waals surface area contributed by atoms with E-state index in [2.05, 4.69) is 11.9 Å². The van der Waals surface area contributed by atoms with Crippen molar-refractivity contribution in [2.24, 2.45) is 5.92 Å². The molecule has 2 rings (SSSR count). The summed E-state index contributed by atoms with van der Waals surface area (Å²) in [5.74, 6) is 0.0540. The van der Waals surface area contributed by atoms with Crippen molar-refractivity contribution in [3.05, 3.63) is 65.4 Å². The summed E-state index contributed by atoms with van der Waals surface area (Å²) in [5.41, 5.74) is 3.46. The van der Waals surface area contributed by atoms with Gasteiger partial charge in [-0.2, -0.15) is 0 Å². The van der Waals surface area contributed by atoms with Crippen molar-refractivity contribution in [1.82, 2.24) is 5.32 Å². The average Bonchev–Trinajstić information content (AvgIpc) is 2.90. The second-order valence-corrected chi connectivity index (χ2v) is 5.70. The number of carbonyl (C=O) groups excluding carboxylic acids is 2. The molecule has 0 radical (unpaired) electrons. The average molecular weight is 295 g/mol. The summed E-state index contributed by atoms with van der Waals surface area (Å²) < 4.78 is 0. The smallest absolute Gasteiger partial charge is 0.248 e. The molecule has 1 aliphatic rings. The molecule has 1 atom stereocenters. The van der Waals surface area contributed by atoms with Crippen LogP contribution in [0, 0.1) is 5.92 Å². The summed E-state index contributed by atoms with van der Waals surface area (Å²) in [7, 11) is 0. The van der Waals surface area contributed by atoms with Gasteiger partial charge in [0.15, 0.2) is 5.78 Å². The molecule has 1 N–H and O–H groups in total. The maximum Gasteiger partial charge on any atom is 0.248 e. The number of carbonyl (C=O) groups is 2. The molecular weight excluding hydrogens is 274 g/mol. The molecule has 3 nitrogen and oxygen atoms in total. The summed E-state index contributed by atoms with van der Waals surface area (Å²) in [6, 6.07) is 9.62. The van der Waals surface area contributed by atoms with Crippen molar-refractivity contribution in [2.45, 2.75) is 26.7 Å². The second kappa shape index (κ2) is 7.03. The molecule has 0 aliphatic heterocycles. The quantitative estimate of drug-likeness (QED) is 0.666. The topological polar surface area (TPSA) is 46.2 Å². The van der Waals surface area contributed by atoms with Gasteiger partial charge < -0.3 is 5.32 Å². The van der Waals surface area contributed by atoms with Gasteiger partial charge in [-0.25, -0.2) is 0 Å². The van der Waals surface area contributed by atoms with Gasteiger partial charge in [0.1, 0.15) is 0 Å². The largest absolute Gasteiger partial charge is 0.326 e. The number of ketones is 1. The molecule has 1 amide bonds. The van der Waals surface area contributed by atoms with Crippen molar-refractivity contribution in [3.8, 4) is 0 Å². The number of nitrogens with one attached hydrogen (secondary N) is 1. The minimum absolute atomic E-state index is 0.0195. The number of hydrogen-bond acceptors (Lipinski definition) is 2. The van der Waals surface area contributed by atoms with Crippen molar-refractivity contribution in [3.63, 3.8) is 0 Å². The first kappa shape index (κ1) is 16.0. The lowest BCUT2D eigenvalue weighted by molar-refractivity contribution is -0.115. The van der Waals surface area contributed by atoms with Crippen LogP contribution in [0.5, 0.6) is 0 Å². The molecule has 0 saturated heterocycles. The van der Waals surface area contributed by atoms with Crippen LogP contribution in [-0.2, 0) is 9.59 Å². The summed E-state index contributed by atoms with van der Waals surface area (Å²) in [6.07, 6.45) is 4.60. The lowest BCUT2D eigenvalue weighted by Gasteiger charge is -2.09. The van der Waals surface area contributed by atoms with Gasteiger partial charge in [0, 0.05) is 17.3 Å². The number of hydrogen-bond donors (Lipinski definition) is 1. The highest BCUT2D eigenvalue weighted by Gasteiger charge is 2.27. The third-order valence-corrected chi connectivity index (χ3v) is 3.89. The van der Waals surface area contributed by atoms with Crippen LogP contribution < -0.4 is 5.32 Å². The first-order valence-electron chi connectivity index (χ1n) is 7.40. The minimum Gasteiger partial charge on any atom is -0.326 e. The molecule has 0 bridgehead atoms. The van der Waals surface area contributed by atoms with Crippen LogP contribution in [0.15, 0.2) is 59.8 Å². The Balaban J connectivity index is 2.06. The normalized spacial score (nSPS) is 17.8. The predicted molar refractivity (Wildman–Crippen MR) is 88.9 cm³/mol. The molecule has 1 aromatic rings. The van der Waals surface area contributed by atoms with Crippen molar-refractivity contribution < 1.29 is 9.59 Å². The number of allylic oxidation sites excluding steroid dienone is 3. The van der Waals surface area contributed by atoms with Crippen LogP contribution in [0.2, 0.25) is 0 Å². The Kier molecular flexibility index (Phi) is 5.10. The van der Waals surface area contributed by atoms with Gasteiger partial charge in [-0.3, -0.25) is 9.59 Å². The summed E-state index contributed by atoms with van der Waals surface area (Å²) in [4.78, 5) is 23.8. The van der Waals surface area contributed by atoms with E-state index >= 15 is 0 Å². The molecular formula is C19H21NO2. The third kappa shape index (κ3) is 4.04. The van der Waals surface area contributed by atoms with Crippen molar-refractivity contribution in [2.75, 3.05) is 0 Å². The van der Waals surface area contributed by atoms with Gasteiger partial charge in [-0.1, -0.05) is 42.5 Å². The first-order chi connectivity index (χ1) is 10.5. The Labute approximate surface area is 131 Å². The number of amides is 1. The molecule has 0 fully saturated rings. The molecule has 1 aromatic carbocycles. The van der Waals surface area contributed by atoms with Gasteiger partial charge >= 0.3 is 0 Å². The fourth-order valence-electron chi connectivity index (χ4n) is 2.57. The van der Waals surface area contributed by atoms with Crippen LogP contribution in [0.4, 0.5) is 0 Å². The standard InChI is InChI=1S/C19H21NO2/c1-13(2)16-11-17(14(3)21)18(12-16)20-19(22)10-9-15-7-5-4-6-8-15/h4-10,16H,1,11-12H2,2-3H3,(H,20,22)/t16-/m1/s1. The SMILES string of the molecule is C=C(C)[C@H]1CC(NC(=O)C=Cc2ccccc2)=C(C(C)=O)C1. The van der Waals surface area contributed by atoms with E-state index in [0.717, 1.165) is 22.4 Å². The molecule has 0 aromatic heterocycles. The van der Waals surface area contributed by atoms with Gasteiger partial charge in [0.25, 0.3) is 0 Å². The highest BCUT2D eigenvalue weighted by atomic mass is 16.1. The van der Waals surface area contributed by atoms with Crippen LogP contribution in [-0.4, -0.2) is 11.7 Å². The van der Waals surface area contributed by atoms with E-state index in [1.165, 1.54) is 6.08 Å². The molecule has 22 heavy (non-hydrogen) atoms. The molecule has 114 valence electrons. The Morgan fingerprint density at radius 1 is 1.18 bits per heavy atom. The fraction of sp³-hybridized carbons (Fsp3) is 0.263. The zero-order chi connectivity index (χ0) is 16.1. The lowest BCUT2D eigenvalue weighted by Crippen LogP contribution is -2.21. The Morgan fingerprint density at radius 3 is 2.45 bits per heavy atom. The highest BCUT2D eigenvalue weighted by Crippen LogP contribution is 2.34. The minimum atomic E-state index is -0.208. The van der Waals surface area contributed by atoms with Gasteiger partial charge in [0.2, 0.25) is 5.91 Å². The van der Waals surface area contributed by atoms with Crippen LogP contribution in [0.3, 0.4) is 0 Å². The van der Waals surface area contributed by atoms with E-state index in [4.69, 9.17) is 0 Å². The summed E-state index contributed by atoms with van der Waals surface area (Å²) in [6.45, 7) is 7.46. The molecule has 0 heterocycles. The maximum atomic E-state index is 12.1. The zero-order valence-electron chi connectivity index (χ0n) is 13.1. The monoisotopic (exact) mass is 295 g/mol. The Bertz CT molecular complexity index is 653. The third-order valence-electron chi connectivity index (χ3n) is 3.89. The highest BCUT2D eigenvalue weighted by molar-refractivity contribution is 5.97. The van der Waals surface area contributed by atoms with Crippen molar-refractivity contribution >= 4 is 17.8 Å². The fourth-order valence-corrected chi connectivity index (χ4v) is 2.57. The van der Waals surface area contributed by atoms with Crippen LogP contribution in [0.25, 0.3) is 6.08 Å². The lowest BCUT2D eigenvalue weighted by atomic mass is 9.97. The zero-order valence-corrected chi connectivity index (χ0v) is 13.1. The van der Waals surface area contributed by atoms with E-state index in [-0.39, 0.29) is 17.6 Å². The van der Waals surface area contributed by atoms with Crippen LogP contribution >= 0.6 is 0 Å². The molecule has 0 saturated carbocycles. The molecule has 0 unspecified atom stereocenters. The summed E-state index contributed by atoms with van der Waals surface area (Å²) in [5, 5.41) is 2.86. The Morgan fingerprint density at radius 2 is 1.86 bits per heavy atom. The first-order valence-corrected chi connectivity index (χ1v) is 7.40.